The minimum atomic E-state index is -4.38. The highest BCUT2D eigenvalue weighted by Crippen LogP contribution is 2.30. The number of ether oxygens (including phenoxy) is 1. The van der Waals surface area contributed by atoms with E-state index in [4.69, 9.17) is 4.74 Å². The van der Waals surface area contributed by atoms with Crippen LogP contribution in [-0.2, 0) is 11.3 Å². The number of hydrogen-bond donors (Lipinski definition) is 0. The Morgan fingerprint density at radius 2 is 1.91 bits per heavy atom. The number of alkyl halides is 3. The van der Waals surface area contributed by atoms with Gasteiger partial charge >= 0.3 is 6.18 Å². The van der Waals surface area contributed by atoms with Crippen LogP contribution in [0.25, 0.3) is 28.2 Å². The van der Waals surface area contributed by atoms with Gasteiger partial charge in [0.2, 0.25) is 0 Å². The van der Waals surface area contributed by atoms with Crippen LogP contribution in [-0.4, -0.2) is 56.8 Å². The van der Waals surface area contributed by atoms with Crippen molar-refractivity contribution in [3.05, 3.63) is 54.5 Å². The molecule has 32 heavy (non-hydrogen) atoms. The number of aryl methyl sites for hydroxylation is 1. The maximum absolute atomic E-state index is 13.1. The summed E-state index contributed by atoms with van der Waals surface area (Å²) in [5, 5.41) is 4.63. The van der Waals surface area contributed by atoms with Gasteiger partial charge in [0.15, 0.2) is 11.5 Å². The standard InChI is InChI=1S/C22H21F3N6O/c1-15-3-2-4-16(11-15)17-5-6-31(28-17)19-12-18(29-7-9-32-10-8-29)20-21(27-19)30(14-26-20)13-22(23,24)25/h2-6,11-12,14H,7-10,13H2,1H3. The fourth-order valence-corrected chi connectivity index (χ4v) is 3.89. The van der Waals surface area contributed by atoms with Crippen molar-refractivity contribution in [2.45, 2.75) is 19.6 Å². The average Bonchev–Trinajstić information content (AvgIpc) is 3.41. The molecule has 0 bridgehead atoms. The summed E-state index contributed by atoms with van der Waals surface area (Å²) in [5.41, 5.74) is 4.16. The summed E-state index contributed by atoms with van der Waals surface area (Å²) >= 11 is 0. The Kier molecular flexibility index (Phi) is 5.09. The molecule has 1 saturated heterocycles. The Morgan fingerprint density at radius 1 is 1.09 bits per heavy atom. The third-order valence-electron chi connectivity index (χ3n) is 5.38. The summed E-state index contributed by atoms with van der Waals surface area (Å²) in [6, 6.07) is 11.6. The fourth-order valence-electron chi connectivity index (χ4n) is 3.89. The van der Waals surface area contributed by atoms with Crippen molar-refractivity contribution in [2.24, 2.45) is 0 Å². The van der Waals surface area contributed by atoms with Crippen LogP contribution >= 0.6 is 0 Å². The zero-order valence-electron chi connectivity index (χ0n) is 17.4. The third-order valence-corrected chi connectivity index (χ3v) is 5.38. The first-order valence-corrected chi connectivity index (χ1v) is 10.3. The van der Waals surface area contributed by atoms with E-state index in [-0.39, 0.29) is 5.65 Å². The third kappa shape index (κ3) is 4.05. The highest BCUT2D eigenvalue weighted by molar-refractivity contribution is 5.87. The second kappa shape index (κ2) is 7.94. The monoisotopic (exact) mass is 442 g/mol. The molecule has 0 saturated carbocycles. The van der Waals surface area contributed by atoms with Gasteiger partial charge < -0.3 is 14.2 Å². The molecule has 0 amide bonds. The number of pyridine rings is 1. The second-order valence-electron chi connectivity index (χ2n) is 7.77. The molecule has 0 unspecified atom stereocenters. The lowest BCUT2D eigenvalue weighted by Crippen LogP contribution is -2.36. The smallest absolute Gasteiger partial charge is 0.378 e. The number of anilines is 1. The predicted octanol–water partition coefficient (Wildman–Crippen LogP) is 3.99. The van der Waals surface area contributed by atoms with Crippen LogP contribution in [0.2, 0.25) is 0 Å². The summed E-state index contributed by atoms with van der Waals surface area (Å²) in [4.78, 5) is 10.8. The van der Waals surface area contributed by atoms with E-state index in [1.165, 1.54) is 6.33 Å². The van der Waals surface area contributed by atoms with Crippen molar-refractivity contribution in [2.75, 3.05) is 31.2 Å². The molecule has 1 aromatic carbocycles. The molecule has 1 fully saturated rings. The average molecular weight is 442 g/mol. The lowest BCUT2D eigenvalue weighted by Gasteiger charge is -2.29. The van der Waals surface area contributed by atoms with Crippen molar-refractivity contribution in [3.63, 3.8) is 0 Å². The number of morpholine rings is 1. The van der Waals surface area contributed by atoms with Gasteiger partial charge in [0.1, 0.15) is 12.1 Å². The Hall–Kier alpha value is -3.40. The van der Waals surface area contributed by atoms with Gasteiger partial charge in [0.05, 0.1) is 30.9 Å². The number of benzene rings is 1. The summed E-state index contributed by atoms with van der Waals surface area (Å²) in [7, 11) is 0. The summed E-state index contributed by atoms with van der Waals surface area (Å²) in [6.07, 6.45) is -1.42. The number of halogens is 3. The van der Waals surface area contributed by atoms with E-state index in [0.29, 0.717) is 37.6 Å². The minimum absolute atomic E-state index is 0.175. The van der Waals surface area contributed by atoms with E-state index in [1.54, 1.807) is 10.9 Å². The molecule has 1 aliphatic rings. The number of imidazole rings is 1. The predicted molar refractivity (Wildman–Crippen MR) is 114 cm³/mol. The summed E-state index contributed by atoms with van der Waals surface area (Å²) in [5.74, 6) is 0.432. The molecule has 0 N–H and O–H groups in total. The van der Waals surface area contributed by atoms with E-state index in [9.17, 15) is 13.2 Å². The normalized spacial score (nSPS) is 14.9. The quantitative estimate of drug-likeness (QED) is 0.478. The van der Waals surface area contributed by atoms with Gasteiger partial charge in [-0.05, 0) is 19.1 Å². The van der Waals surface area contributed by atoms with E-state index in [1.807, 2.05) is 43.3 Å². The van der Waals surface area contributed by atoms with Crippen LogP contribution < -0.4 is 4.90 Å². The van der Waals surface area contributed by atoms with Gasteiger partial charge in [0, 0.05) is 30.9 Å². The van der Waals surface area contributed by atoms with E-state index in [0.717, 1.165) is 27.1 Å². The van der Waals surface area contributed by atoms with Crippen LogP contribution in [0, 0.1) is 6.92 Å². The van der Waals surface area contributed by atoms with E-state index < -0.39 is 12.7 Å². The highest BCUT2D eigenvalue weighted by atomic mass is 19.4. The molecule has 0 radical (unpaired) electrons. The Bertz CT molecular complexity index is 1260. The summed E-state index contributed by atoms with van der Waals surface area (Å²) < 4.78 is 47.4. The van der Waals surface area contributed by atoms with Crippen LogP contribution in [0.3, 0.4) is 0 Å². The zero-order chi connectivity index (χ0) is 22.3. The van der Waals surface area contributed by atoms with Crippen molar-refractivity contribution in [3.8, 4) is 17.1 Å². The molecule has 5 rings (SSSR count). The maximum atomic E-state index is 13.1. The Balaban J connectivity index is 1.61. The largest absolute Gasteiger partial charge is 0.406 e. The Labute approximate surface area is 182 Å². The molecule has 0 spiro atoms. The second-order valence-corrected chi connectivity index (χ2v) is 7.77. The minimum Gasteiger partial charge on any atom is -0.378 e. The van der Waals surface area contributed by atoms with Gasteiger partial charge in [-0.25, -0.2) is 14.6 Å². The van der Waals surface area contributed by atoms with Gasteiger partial charge in [-0.1, -0.05) is 23.8 Å². The lowest BCUT2D eigenvalue weighted by atomic mass is 10.1. The molecule has 0 aliphatic carbocycles. The molecule has 10 heteroatoms. The van der Waals surface area contributed by atoms with Crippen molar-refractivity contribution in [1.29, 1.82) is 0 Å². The number of hydrogen-bond acceptors (Lipinski definition) is 5. The van der Waals surface area contributed by atoms with Crippen LogP contribution in [0.5, 0.6) is 0 Å². The zero-order valence-corrected chi connectivity index (χ0v) is 17.4. The van der Waals surface area contributed by atoms with Crippen LogP contribution in [0.1, 0.15) is 5.56 Å². The molecule has 166 valence electrons. The highest BCUT2D eigenvalue weighted by Gasteiger charge is 2.30. The van der Waals surface area contributed by atoms with Crippen molar-refractivity contribution < 1.29 is 17.9 Å². The maximum Gasteiger partial charge on any atom is 0.406 e. The topological polar surface area (TPSA) is 61.0 Å². The first kappa shape index (κ1) is 20.5. The number of rotatable bonds is 4. The molecule has 0 atom stereocenters. The molecule has 4 heterocycles. The van der Waals surface area contributed by atoms with Gasteiger partial charge in [0.25, 0.3) is 0 Å². The van der Waals surface area contributed by atoms with Crippen LogP contribution in [0.4, 0.5) is 18.9 Å². The SMILES string of the molecule is Cc1cccc(-c2ccn(-c3cc(N4CCOCC4)c4ncn(CC(F)(F)F)c4n3)n2)c1. The first-order valence-electron chi connectivity index (χ1n) is 10.3. The van der Waals surface area contributed by atoms with E-state index in [2.05, 4.69) is 20.0 Å². The number of nitrogens with zero attached hydrogens (tertiary/aromatic N) is 6. The van der Waals surface area contributed by atoms with Crippen molar-refractivity contribution >= 4 is 16.9 Å². The van der Waals surface area contributed by atoms with Crippen LogP contribution in [0.15, 0.2) is 48.9 Å². The molecular weight excluding hydrogens is 421 g/mol. The van der Waals surface area contributed by atoms with Crippen molar-refractivity contribution in [1.82, 2.24) is 24.3 Å². The molecule has 4 aromatic rings. The van der Waals surface area contributed by atoms with E-state index >= 15 is 0 Å². The summed E-state index contributed by atoms with van der Waals surface area (Å²) in [6.45, 7) is 3.18. The first-order chi connectivity index (χ1) is 15.4. The fraction of sp³-hybridized carbons (Fsp3) is 0.318. The molecule has 1 aliphatic heterocycles. The number of aromatic nitrogens is 5. The Morgan fingerprint density at radius 3 is 2.66 bits per heavy atom. The molecule has 3 aromatic heterocycles. The lowest BCUT2D eigenvalue weighted by molar-refractivity contribution is -0.140. The molecule has 7 nitrogen and oxygen atoms in total. The van der Waals surface area contributed by atoms with Gasteiger partial charge in [-0.2, -0.15) is 18.3 Å². The molecular formula is C22H21F3N6O. The number of fused-ring (bicyclic) bond motifs is 1. The van der Waals surface area contributed by atoms with Gasteiger partial charge in [-0.3, -0.25) is 0 Å². The van der Waals surface area contributed by atoms with Gasteiger partial charge in [-0.15, -0.1) is 0 Å².